The molecule has 3 nitrogen and oxygen atoms in total. The first-order valence-electron chi connectivity index (χ1n) is 6.02. The summed E-state index contributed by atoms with van der Waals surface area (Å²) in [5.74, 6) is -2.66. The Bertz CT molecular complexity index is 642. The van der Waals surface area contributed by atoms with Gasteiger partial charge < -0.3 is 10.4 Å². The third kappa shape index (κ3) is 3.00. The number of hydrogen-bond acceptors (Lipinski definition) is 2. The monoisotopic (exact) mass is 277 g/mol. The number of anilines is 1. The van der Waals surface area contributed by atoms with Crippen LogP contribution in [0.25, 0.3) is 0 Å². The minimum atomic E-state index is -1.08. The molecule has 0 aliphatic heterocycles. The maximum absolute atomic E-state index is 13.1. The van der Waals surface area contributed by atoms with E-state index in [2.05, 4.69) is 5.32 Å². The highest BCUT2D eigenvalue weighted by Crippen LogP contribution is 2.23. The van der Waals surface area contributed by atoms with Crippen molar-refractivity contribution in [1.29, 1.82) is 0 Å². The van der Waals surface area contributed by atoms with Gasteiger partial charge in [-0.05, 0) is 31.2 Å². The van der Waals surface area contributed by atoms with Gasteiger partial charge in [0.15, 0.2) is 11.6 Å². The van der Waals surface area contributed by atoms with Crippen molar-refractivity contribution in [3.8, 4) is 0 Å². The largest absolute Gasteiger partial charge is 0.389 e. The van der Waals surface area contributed by atoms with Crippen LogP contribution in [0, 0.1) is 11.6 Å². The van der Waals surface area contributed by atoms with Gasteiger partial charge in [-0.2, -0.15) is 0 Å². The van der Waals surface area contributed by atoms with Crippen LogP contribution in [-0.2, 0) is 0 Å². The predicted molar refractivity (Wildman–Crippen MR) is 71.4 cm³/mol. The zero-order valence-corrected chi connectivity index (χ0v) is 10.7. The first kappa shape index (κ1) is 14.1. The van der Waals surface area contributed by atoms with Crippen LogP contribution < -0.4 is 5.32 Å². The molecule has 20 heavy (non-hydrogen) atoms. The Hall–Kier alpha value is -2.27. The summed E-state index contributed by atoms with van der Waals surface area (Å²) in [5.41, 5.74) is 0.977. The van der Waals surface area contributed by atoms with Gasteiger partial charge in [0.2, 0.25) is 0 Å². The van der Waals surface area contributed by atoms with Gasteiger partial charge in [0.05, 0.1) is 6.10 Å². The second-order valence-electron chi connectivity index (χ2n) is 4.35. The van der Waals surface area contributed by atoms with E-state index in [-0.39, 0.29) is 5.56 Å². The molecule has 0 saturated carbocycles. The molecule has 104 valence electrons. The lowest BCUT2D eigenvalue weighted by Crippen LogP contribution is -2.14. The molecule has 0 heterocycles. The van der Waals surface area contributed by atoms with Crippen LogP contribution in [0.1, 0.15) is 28.9 Å². The summed E-state index contributed by atoms with van der Waals surface area (Å²) >= 11 is 0. The van der Waals surface area contributed by atoms with Crippen LogP contribution in [0.5, 0.6) is 0 Å². The van der Waals surface area contributed by atoms with E-state index in [1.54, 1.807) is 31.2 Å². The molecular weight excluding hydrogens is 264 g/mol. The van der Waals surface area contributed by atoms with E-state index >= 15 is 0 Å². The summed E-state index contributed by atoms with van der Waals surface area (Å²) in [5, 5.41) is 12.2. The van der Waals surface area contributed by atoms with Crippen LogP contribution in [0.2, 0.25) is 0 Å². The molecule has 1 amide bonds. The Labute approximate surface area is 114 Å². The Morgan fingerprint density at radius 1 is 1.15 bits per heavy atom. The molecule has 0 saturated heterocycles. The third-order valence-corrected chi connectivity index (χ3v) is 2.84. The molecule has 0 aromatic heterocycles. The zero-order valence-electron chi connectivity index (χ0n) is 10.7. The number of aliphatic hydroxyl groups excluding tert-OH is 1. The molecule has 0 aliphatic carbocycles. The lowest BCUT2D eigenvalue weighted by Gasteiger charge is -2.13. The second kappa shape index (κ2) is 5.79. The average molecular weight is 277 g/mol. The van der Waals surface area contributed by atoms with Crippen LogP contribution in [-0.4, -0.2) is 11.0 Å². The summed E-state index contributed by atoms with van der Waals surface area (Å²) < 4.78 is 25.9. The SMILES string of the molecule is CC(O)c1ccccc1NC(=O)c1ccc(F)c(F)c1. The molecule has 0 bridgehead atoms. The summed E-state index contributed by atoms with van der Waals surface area (Å²) in [6, 6.07) is 9.65. The highest BCUT2D eigenvalue weighted by Gasteiger charge is 2.13. The minimum absolute atomic E-state index is 0.00398. The number of para-hydroxylation sites is 1. The Balaban J connectivity index is 2.26. The standard InChI is InChI=1S/C15H13F2NO2/c1-9(19)11-4-2-3-5-14(11)18-15(20)10-6-7-12(16)13(17)8-10/h2-9,19H,1H3,(H,18,20). The Kier molecular flexibility index (Phi) is 4.10. The Morgan fingerprint density at radius 3 is 2.50 bits per heavy atom. The number of aliphatic hydroxyl groups is 1. The van der Waals surface area contributed by atoms with Crippen molar-refractivity contribution in [2.24, 2.45) is 0 Å². The van der Waals surface area contributed by atoms with Gasteiger partial charge in [-0.3, -0.25) is 4.79 Å². The summed E-state index contributed by atoms with van der Waals surface area (Å²) in [6.07, 6.45) is -0.753. The first-order valence-corrected chi connectivity index (χ1v) is 6.02. The number of carbonyl (C=O) groups is 1. The number of halogens is 2. The van der Waals surface area contributed by atoms with Crippen LogP contribution >= 0.6 is 0 Å². The normalized spacial score (nSPS) is 12.0. The fourth-order valence-corrected chi connectivity index (χ4v) is 1.81. The van der Waals surface area contributed by atoms with Crippen molar-refractivity contribution >= 4 is 11.6 Å². The summed E-state index contributed by atoms with van der Waals surface area (Å²) in [4.78, 5) is 12.0. The van der Waals surface area contributed by atoms with Gasteiger partial charge in [-0.25, -0.2) is 8.78 Å². The van der Waals surface area contributed by atoms with Crippen LogP contribution in [0.3, 0.4) is 0 Å². The van der Waals surface area contributed by atoms with E-state index in [9.17, 15) is 18.7 Å². The molecule has 1 atom stereocenters. The fraction of sp³-hybridized carbons (Fsp3) is 0.133. The van der Waals surface area contributed by atoms with Gasteiger partial charge in [0, 0.05) is 16.8 Å². The topological polar surface area (TPSA) is 49.3 Å². The van der Waals surface area contributed by atoms with Crippen LogP contribution in [0.15, 0.2) is 42.5 Å². The van der Waals surface area contributed by atoms with E-state index in [1.165, 1.54) is 6.07 Å². The van der Waals surface area contributed by atoms with Crippen molar-refractivity contribution in [3.05, 3.63) is 65.2 Å². The van der Waals surface area contributed by atoms with Crippen molar-refractivity contribution in [2.75, 3.05) is 5.32 Å². The molecule has 0 radical (unpaired) electrons. The van der Waals surface area contributed by atoms with Gasteiger partial charge >= 0.3 is 0 Å². The van der Waals surface area contributed by atoms with E-state index in [4.69, 9.17) is 0 Å². The predicted octanol–water partition coefficient (Wildman–Crippen LogP) is 3.27. The quantitative estimate of drug-likeness (QED) is 0.904. The van der Waals surface area contributed by atoms with Gasteiger partial charge in [-0.1, -0.05) is 18.2 Å². The van der Waals surface area contributed by atoms with Crippen LogP contribution in [0.4, 0.5) is 14.5 Å². The molecule has 0 aliphatic rings. The number of carbonyl (C=O) groups excluding carboxylic acids is 1. The molecule has 0 fully saturated rings. The second-order valence-corrected chi connectivity index (χ2v) is 4.35. The molecular formula is C15H13F2NO2. The zero-order chi connectivity index (χ0) is 14.7. The molecule has 0 spiro atoms. The minimum Gasteiger partial charge on any atom is -0.389 e. The molecule has 2 rings (SSSR count). The number of rotatable bonds is 3. The number of hydrogen-bond donors (Lipinski definition) is 2. The molecule has 2 aromatic rings. The number of nitrogens with one attached hydrogen (secondary N) is 1. The lowest BCUT2D eigenvalue weighted by atomic mass is 10.1. The highest BCUT2D eigenvalue weighted by atomic mass is 19.2. The van der Waals surface area contributed by atoms with E-state index in [1.807, 2.05) is 0 Å². The van der Waals surface area contributed by atoms with Crippen molar-refractivity contribution in [1.82, 2.24) is 0 Å². The molecule has 5 heteroatoms. The lowest BCUT2D eigenvalue weighted by molar-refractivity contribution is 0.102. The van der Waals surface area contributed by atoms with E-state index in [0.29, 0.717) is 11.3 Å². The van der Waals surface area contributed by atoms with Crippen molar-refractivity contribution in [3.63, 3.8) is 0 Å². The van der Waals surface area contributed by atoms with E-state index < -0.39 is 23.6 Å². The molecule has 2 aromatic carbocycles. The van der Waals surface area contributed by atoms with Gasteiger partial charge in [0.25, 0.3) is 5.91 Å². The summed E-state index contributed by atoms with van der Waals surface area (Å²) in [6.45, 7) is 1.57. The molecule has 2 N–H and O–H groups in total. The van der Waals surface area contributed by atoms with Gasteiger partial charge in [-0.15, -0.1) is 0 Å². The fourth-order valence-electron chi connectivity index (χ4n) is 1.81. The van der Waals surface area contributed by atoms with Crippen molar-refractivity contribution < 1.29 is 18.7 Å². The first-order chi connectivity index (χ1) is 9.49. The third-order valence-electron chi connectivity index (χ3n) is 2.84. The highest BCUT2D eigenvalue weighted by molar-refractivity contribution is 6.04. The number of amides is 1. The Morgan fingerprint density at radius 2 is 1.85 bits per heavy atom. The maximum atomic E-state index is 13.1. The maximum Gasteiger partial charge on any atom is 0.255 e. The molecule has 1 unspecified atom stereocenters. The van der Waals surface area contributed by atoms with Crippen molar-refractivity contribution in [2.45, 2.75) is 13.0 Å². The average Bonchev–Trinajstić information content (AvgIpc) is 2.42. The van der Waals surface area contributed by atoms with Gasteiger partial charge in [0.1, 0.15) is 0 Å². The smallest absolute Gasteiger partial charge is 0.255 e. The summed E-state index contributed by atoms with van der Waals surface area (Å²) in [7, 11) is 0. The van der Waals surface area contributed by atoms with E-state index in [0.717, 1.165) is 12.1 Å². The number of benzene rings is 2.